The minimum Gasteiger partial charge on any atom is -0.349 e. The highest BCUT2D eigenvalue weighted by atomic mass is 14.9. The van der Waals surface area contributed by atoms with E-state index in [0.29, 0.717) is 5.92 Å². The fourth-order valence-corrected chi connectivity index (χ4v) is 2.31. The van der Waals surface area contributed by atoms with Gasteiger partial charge in [-0.05, 0) is 25.1 Å². The summed E-state index contributed by atoms with van der Waals surface area (Å²) in [5.74, 6) is 0.606. The maximum absolute atomic E-state index is 4.56. The number of aromatic nitrogens is 2. The molecule has 0 bridgehead atoms. The third-order valence-corrected chi connectivity index (χ3v) is 3.27. The molecule has 15 heavy (non-hydrogen) atoms. The predicted octanol–water partition coefficient (Wildman–Crippen LogP) is 1.65. The molecule has 0 amide bonds. The van der Waals surface area contributed by atoms with Gasteiger partial charge in [-0.25, -0.2) is 0 Å². The third-order valence-electron chi connectivity index (χ3n) is 3.27. The minimum absolute atomic E-state index is 0.606. The molecule has 2 aromatic rings. The van der Waals surface area contributed by atoms with Crippen LogP contribution < -0.4 is 5.32 Å². The van der Waals surface area contributed by atoms with Gasteiger partial charge in [-0.15, -0.1) is 0 Å². The van der Waals surface area contributed by atoms with Crippen molar-refractivity contribution in [3.05, 3.63) is 30.2 Å². The monoisotopic (exact) mass is 201 g/mol. The topological polar surface area (TPSA) is 29.9 Å². The second-order valence-corrected chi connectivity index (χ2v) is 4.28. The first kappa shape index (κ1) is 8.92. The summed E-state index contributed by atoms with van der Waals surface area (Å²) in [5.41, 5.74) is 2.45. The van der Waals surface area contributed by atoms with E-state index in [0.717, 1.165) is 13.1 Å². The fraction of sp³-hybridized carbons (Fsp3) is 0.417. The first-order valence-electron chi connectivity index (χ1n) is 5.46. The quantitative estimate of drug-likeness (QED) is 0.760. The number of fused-ring (bicyclic) bond motifs is 1. The third kappa shape index (κ3) is 1.43. The second kappa shape index (κ2) is 3.35. The van der Waals surface area contributed by atoms with Crippen LogP contribution in [0.25, 0.3) is 10.9 Å². The Kier molecular flexibility index (Phi) is 1.99. The van der Waals surface area contributed by atoms with Gasteiger partial charge in [-0.2, -0.15) is 0 Å². The molecule has 3 heterocycles. The SMILES string of the molecule is Cn1ccc2cc(C3CCNC3)ncc21. The van der Waals surface area contributed by atoms with Gasteiger partial charge < -0.3 is 9.88 Å². The minimum atomic E-state index is 0.606. The average Bonchev–Trinajstić information content (AvgIpc) is 2.88. The molecule has 2 aromatic heterocycles. The van der Waals surface area contributed by atoms with E-state index in [-0.39, 0.29) is 0 Å². The molecule has 1 aliphatic rings. The van der Waals surface area contributed by atoms with Crippen molar-refractivity contribution in [2.45, 2.75) is 12.3 Å². The van der Waals surface area contributed by atoms with Crippen LogP contribution in [0.4, 0.5) is 0 Å². The molecule has 1 aliphatic heterocycles. The number of nitrogens with one attached hydrogen (secondary N) is 1. The first-order chi connectivity index (χ1) is 7.34. The van der Waals surface area contributed by atoms with E-state index in [9.17, 15) is 0 Å². The maximum atomic E-state index is 4.56. The maximum Gasteiger partial charge on any atom is 0.0664 e. The number of aryl methyl sites for hydroxylation is 1. The molecule has 1 atom stereocenters. The number of rotatable bonds is 1. The van der Waals surface area contributed by atoms with E-state index in [1.807, 2.05) is 6.20 Å². The van der Waals surface area contributed by atoms with E-state index >= 15 is 0 Å². The van der Waals surface area contributed by atoms with Gasteiger partial charge in [0.2, 0.25) is 0 Å². The molecule has 0 radical (unpaired) electrons. The number of nitrogens with zero attached hydrogens (tertiary/aromatic N) is 2. The van der Waals surface area contributed by atoms with Gasteiger partial charge in [-0.1, -0.05) is 0 Å². The van der Waals surface area contributed by atoms with E-state index < -0.39 is 0 Å². The van der Waals surface area contributed by atoms with Crippen LogP contribution in [0.3, 0.4) is 0 Å². The van der Waals surface area contributed by atoms with Crippen LogP contribution in [0.2, 0.25) is 0 Å². The summed E-state index contributed by atoms with van der Waals surface area (Å²) in [6.07, 6.45) is 5.29. The van der Waals surface area contributed by atoms with E-state index in [4.69, 9.17) is 0 Å². The van der Waals surface area contributed by atoms with Gasteiger partial charge >= 0.3 is 0 Å². The molecule has 0 saturated carbocycles. The summed E-state index contributed by atoms with van der Waals surface area (Å²) < 4.78 is 2.11. The molecule has 0 spiro atoms. The average molecular weight is 201 g/mol. The lowest BCUT2D eigenvalue weighted by molar-refractivity contribution is 0.736. The highest BCUT2D eigenvalue weighted by Gasteiger charge is 2.18. The zero-order valence-electron chi connectivity index (χ0n) is 8.90. The summed E-state index contributed by atoms with van der Waals surface area (Å²) in [4.78, 5) is 4.56. The molecule has 78 valence electrons. The van der Waals surface area contributed by atoms with E-state index in [1.165, 1.54) is 23.0 Å². The molecule has 3 rings (SSSR count). The molecule has 0 aliphatic carbocycles. The Bertz CT molecular complexity index is 481. The lowest BCUT2D eigenvalue weighted by Crippen LogP contribution is -2.08. The molecule has 1 unspecified atom stereocenters. The Morgan fingerprint density at radius 3 is 3.27 bits per heavy atom. The molecule has 1 saturated heterocycles. The molecule has 1 fully saturated rings. The molecule has 3 nitrogen and oxygen atoms in total. The fourth-order valence-electron chi connectivity index (χ4n) is 2.31. The van der Waals surface area contributed by atoms with Crippen molar-refractivity contribution in [1.82, 2.24) is 14.9 Å². The van der Waals surface area contributed by atoms with Gasteiger partial charge in [0.05, 0.1) is 11.7 Å². The summed E-state index contributed by atoms with van der Waals surface area (Å²) in [5, 5.41) is 4.68. The van der Waals surface area contributed by atoms with Crippen molar-refractivity contribution in [3.63, 3.8) is 0 Å². The first-order valence-corrected chi connectivity index (χ1v) is 5.46. The van der Waals surface area contributed by atoms with Gasteiger partial charge in [0, 0.05) is 36.8 Å². The molecule has 1 N–H and O–H groups in total. The zero-order chi connectivity index (χ0) is 10.3. The van der Waals surface area contributed by atoms with Crippen LogP contribution in [0.5, 0.6) is 0 Å². The highest BCUT2D eigenvalue weighted by molar-refractivity contribution is 5.79. The molecule has 0 aromatic carbocycles. The lowest BCUT2D eigenvalue weighted by atomic mass is 10.0. The Balaban J connectivity index is 2.05. The molecular weight excluding hydrogens is 186 g/mol. The largest absolute Gasteiger partial charge is 0.349 e. The van der Waals surface area contributed by atoms with Crippen molar-refractivity contribution >= 4 is 10.9 Å². The van der Waals surface area contributed by atoms with Crippen molar-refractivity contribution in [2.24, 2.45) is 7.05 Å². The number of hydrogen-bond acceptors (Lipinski definition) is 2. The Morgan fingerprint density at radius 2 is 2.47 bits per heavy atom. The van der Waals surface area contributed by atoms with Gasteiger partial charge in [0.25, 0.3) is 0 Å². The van der Waals surface area contributed by atoms with Crippen molar-refractivity contribution in [2.75, 3.05) is 13.1 Å². The summed E-state index contributed by atoms with van der Waals surface area (Å²) in [6, 6.07) is 4.38. The van der Waals surface area contributed by atoms with Crippen LogP contribution >= 0.6 is 0 Å². The number of hydrogen-bond donors (Lipinski definition) is 1. The van der Waals surface area contributed by atoms with Crippen LogP contribution in [0.1, 0.15) is 18.0 Å². The smallest absolute Gasteiger partial charge is 0.0664 e. The van der Waals surface area contributed by atoms with Crippen LogP contribution in [0, 0.1) is 0 Å². The Labute approximate surface area is 89.1 Å². The standard InChI is InChI=1S/C12H15N3/c1-15-5-3-9-6-11(14-8-12(9)15)10-2-4-13-7-10/h3,5-6,8,10,13H,2,4,7H2,1H3. The highest BCUT2D eigenvalue weighted by Crippen LogP contribution is 2.23. The van der Waals surface area contributed by atoms with E-state index in [1.54, 1.807) is 0 Å². The normalized spacial score (nSPS) is 21.3. The van der Waals surface area contributed by atoms with Crippen molar-refractivity contribution in [1.29, 1.82) is 0 Å². The molecular formula is C12H15N3. The van der Waals surface area contributed by atoms with Gasteiger partial charge in [0.1, 0.15) is 0 Å². The van der Waals surface area contributed by atoms with Gasteiger partial charge in [0.15, 0.2) is 0 Å². The lowest BCUT2D eigenvalue weighted by Gasteiger charge is -2.07. The van der Waals surface area contributed by atoms with Crippen LogP contribution in [-0.2, 0) is 7.05 Å². The van der Waals surface area contributed by atoms with Gasteiger partial charge in [-0.3, -0.25) is 4.98 Å². The van der Waals surface area contributed by atoms with Crippen molar-refractivity contribution < 1.29 is 0 Å². The van der Waals surface area contributed by atoms with Crippen LogP contribution in [-0.4, -0.2) is 22.6 Å². The number of pyridine rings is 1. The summed E-state index contributed by atoms with van der Waals surface area (Å²) >= 11 is 0. The predicted molar refractivity (Wildman–Crippen MR) is 60.9 cm³/mol. The Morgan fingerprint density at radius 1 is 1.53 bits per heavy atom. The zero-order valence-corrected chi connectivity index (χ0v) is 8.90. The molecule has 3 heteroatoms. The Hall–Kier alpha value is -1.35. The summed E-state index contributed by atoms with van der Waals surface area (Å²) in [6.45, 7) is 2.20. The van der Waals surface area contributed by atoms with Crippen LogP contribution in [0.15, 0.2) is 24.5 Å². The van der Waals surface area contributed by atoms with Crippen molar-refractivity contribution in [3.8, 4) is 0 Å². The van der Waals surface area contributed by atoms with E-state index in [2.05, 4.69) is 40.2 Å². The second-order valence-electron chi connectivity index (χ2n) is 4.28. The summed E-state index contributed by atoms with van der Waals surface area (Å²) in [7, 11) is 2.06.